The smallest absolute Gasteiger partial charge is 0.231 e. The van der Waals surface area contributed by atoms with E-state index in [9.17, 15) is 17.8 Å². The Morgan fingerprint density at radius 3 is 2.60 bits per heavy atom. The van der Waals surface area contributed by atoms with Crippen LogP contribution in [-0.2, 0) is 34.8 Å². The van der Waals surface area contributed by atoms with Crippen molar-refractivity contribution in [2.24, 2.45) is 13.0 Å². The van der Waals surface area contributed by atoms with Gasteiger partial charge in [-0.05, 0) is 89.8 Å². The van der Waals surface area contributed by atoms with Crippen LogP contribution >= 0.6 is 0 Å². The number of aromatic nitrogens is 2. The number of anilines is 1. The molecule has 218 valence electrons. The Labute approximate surface area is 247 Å². The number of imidazole rings is 1. The summed E-state index contributed by atoms with van der Waals surface area (Å²) in [4.78, 5) is 20.7. The van der Waals surface area contributed by atoms with Gasteiger partial charge < -0.3 is 9.47 Å². The molecule has 9 heteroatoms. The van der Waals surface area contributed by atoms with Gasteiger partial charge in [0.2, 0.25) is 5.91 Å². The lowest BCUT2D eigenvalue weighted by molar-refractivity contribution is -0.120. The molecule has 4 aromatic rings. The first-order valence-corrected chi connectivity index (χ1v) is 15.4. The molecular weight excluding hydrogens is 554 g/mol. The van der Waals surface area contributed by atoms with Crippen LogP contribution in [-0.4, -0.2) is 19.7 Å². The van der Waals surface area contributed by atoms with Crippen molar-refractivity contribution >= 4 is 22.6 Å². The summed E-state index contributed by atoms with van der Waals surface area (Å²) in [6.07, 6.45) is 5.90. The predicted octanol–water partition coefficient (Wildman–Crippen LogP) is 6.46. The molecule has 42 heavy (non-hydrogen) atoms. The highest BCUT2D eigenvalue weighted by molar-refractivity contribution is 7.83. The van der Waals surface area contributed by atoms with Crippen LogP contribution in [0.15, 0.2) is 84.0 Å². The average molecular weight is 589 g/mol. The fraction of sp³-hybridized carbons (Fsp3) is 0.333. The Balaban J connectivity index is 1.33. The van der Waals surface area contributed by atoms with E-state index in [0.29, 0.717) is 17.9 Å². The van der Waals surface area contributed by atoms with Crippen molar-refractivity contribution in [1.82, 2.24) is 14.3 Å². The number of hydrogen-bond acceptors (Lipinski definition) is 3. The number of carbonyl (C=O) groups is 1. The lowest BCUT2D eigenvalue weighted by Crippen LogP contribution is -2.36. The van der Waals surface area contributed by atoms with E-state index in [0.717, 1.165) is 41.0 Å². The van der Waals surface area contributed by atoms with E-state index in [2.05, 4.69) is 29.6 Å². The van der Waals surface area contributed by atoms with Gasteiger partial charge in [0.05, 0.1) is 11.4 Å². The highest BCUT2D eigenvalue weighted by Crippen LogP contribution is 2.50. The number of rotatable bonds is 8. The Bertz CT molecular complexity index is 1650. The zero-order valence-electron chi connectivity index (χ0n) is 23.9. The predicted molar refractivity (Wildman–Crippen MR) is 159 cm³/mol. The zero-order chi connectivity index (χ0) is 29.6. The van der Waals surface area contributed by atoms with Gasteiger partial charge in [-0.1, -0.05) is 38.1 Å². The maximum atomic E-state index is 14.1. The topological polar surface area (TPSA) is 67.2 Å². The summed E-state index contributed by atoms with van der Waals surface area (Å²) in [5.41, 5.74) is 3.71. The maximum absolute atomic E-state index is 14.1. The molecule has 1 aromatic heterocycles. The first-order valence-electron chi connectivity index (χ1n) is 14.2. The molecule has 1 amide bonds. The van der Waals surface area contributed by atoms with E-state index in [1.54, 1.807) is 35.4 Å². The highest BCUT2D eigenvalue weighted by atomic mass is 32.2. The van der Waals surface area contributed by atoms with Gasteiger partial charge in [-0.3, -0.25) is 4.79 Å². The molecule has 0 spiro atoms. The molecule has 3 aromatic carbocycles. The number of halogens is 2. The van der Waals surface area contributed by atoms with Crippen molar-refractivity contribution in [3.05, 3.63) is 113 Å². The van der Waals surface area contributed by atoms with Crippen molar-refractivity contribution in [2.75, 3.05) is 4.90 Å². The minimum atomic E-state index is -1.61. The van der Waals surface area contributed by atoms with Crippen LogP contribution < -0.4 is 9.62 Å². The Morgan fingerprint density at radius 1 is 1.10 bits per heavy atom. The van der Waals surface area contributed by atoms with E-state index in [4.69, 9.17) is 0 Å². The van der Waals surface area contributed by atoms with Crippen LogP contribution in [0.3, 0.4) is 0 Å². The lowest BCUT2D eigenvalue weighted by atomic mass is 9.71. The third-order valence-corrected chi connectivity index (χ3v) is 9.84. The molecule has 2 unspecified atom stereocenters. The fourth-order valence-electron chi connectivity index (χ4n) is 6.05. The quantitative estimate of drug-likeness (QED) is 0.257. The van der Waals surface area contributed by atoms with Crippen molar-refractivity contribution < 1.29 is 17.8 Å². The summed E-state index contributed by atoms with van der Waals surface area (Å²) in [6.45, 7) is 4.68. The van der Waals surface area contributed by atoms with Crippen LogP contribution in [0.5, 0.6) is 0 Å². The molecule has 1 saturated carbocycles. The normalized spacial score (nSPS) is 21.4. The van der Waals surface area contributed by atoms with E-state index in [1.807, 2.05) is 29.9 Å². The first kappa shape index (κ1) is 28.4. The molecule has 0 aliphatic heterocycles. The number of aryl methyl sites for hydroxylation is 1. The lowest BCUT2D eigenvalue weighted by Gasteiger charge is -2.38. The number of hydrogen-bond donors (Lipinski definition) is 1. The number of amides is 1. The summed E-state index contributed by atoms with van der Waals surface area (Å²) in [7, 11) is 0.289. The van der Waals surface area contributed by atoms with Gasteiger partial charge in [-0.2, -0.15) is 0 Å². The molecule has 2 aliphatic carbocycles. The number of benzene rings is 3. The molecule has 2 aliphatic rings. The second kappa shape index (κ2) is 11.2. The van der Waals surface area contributed by atoms with Gasteiger partial charge in [-0.15, -0.1) is 0 Å². The summed E-state index contributed by atoms with van der Waals surface area (Å²) >= 11 is 0. The van der Waals surface area contributed by atoms with Crippen LogP contribution in [0.2, 0.25) is 0 Å². The van der Waals surface area contributed by atoms with E-state index in [-0.39, 0.29) is 35.0 Å². The molecular formula is C33H34F2N4O2S. The van der Waals surface area contributed by atoms with Crippen LogP contribution in [0.25, 0.3) is 0 Å². The summed E-state index contributed by atoms with van der Waals surface area (Å²) < 4.78 is 45.7. The van der Waals surface area contributed by atoms with Crippen LogP contribution in [0, 0.1) is 17.6 Å². The molecule has 0 saturated heterocycles. The number of nitrogens with one attached hydrogen (secondary N) is 1. The zero-order valence-corrected chi connectivity index (χ0v) is 24.7. The van der Waals surface area contributed by atoms with Crippen LogP contribution in [0.4, 0.5) is 14.5 Å². The number of carbonyl (C=O) groups excluding carboxylic acids is 1. The Morgan fingerprint density at radius 2 is 1.88 bits per heavy atom. The van der Waals surface area contributed by atoms with Gasteiger partial charge in [0.1, 0.15) is 28.4 Å². The molecule has 1 heterocycles. The second-order valence-corrected chi connectivity index (χ2v) is 13.2. The summed E-state index contributed by atoms with van der Waals surface area (Å²) in [5.74, 6) is -0.147. The Kier molecular flexibility index (Phi) is 7.57. The monoisotopic (exact) mass is 588 g/mol. The molecule has 6 nitrogen and oxygen atoms in total. The van der Waals surface area contributed by atoms with Crippen molar-refractivity contribution in [2.45, 2.75) is 61.9 Å². The largest absolute Gasteiger partial charge is 0.337 e. The minimum absolute atomic E-state index is 0.00445. The molecule has 0 radical (unpaired) electrons. The highest BCUT2D eigenvalue weighted by Gasteiger charge is 2.46. The van der Waals surface area contributed by atoms with Gasteiger partial charge in [-0.25, -0.2) is 22.7 Å². The SMILES string of the molecule is Cn1ccnc1CN(C(=O)[C@H]1C[C@@H]1c1ccc(F)cc1)c1ccc2c(c1)C(NS(=O)c1cccc(F)c1)CCC2(C)C. The third-order valence-electron chi connectivity index (χ3n) is 8.66. The molecule has 1 fully saturated rings. The molecule has 1 N–H and O–H groups in total. The van der Waals surface area contributed by atoms with Gasteiger partial charge in [0, 0.05) is 37.1 Å². The summed E-state index contributed by atoms with van der Waals surface area (Å²) in [6, 6.07) is 18.1. The number of fused-ring (bicyclic) bond motifs is 1. The second-order valence-electron chi connectivity index (χ2n) is 12.0. The fourth-order valence-corrected chi connectivity index (χ4v) is 7.11. The van der Waals surface area contributed by atoms with E-state index < -0.39 is 16.8 Å². The third kappa shape index (κ3) is 5.68. The molecule has 0 bridgehead atoms. The Hall–Kier alpha value is -3.69. The molecule has 6 rings (SSSR count). The van der Waals surface area contributed by atoms with Crippen molar-refractivity contribution in [1.29, 1.82) is 0 Å². The van der Waals surface area contributed by atoms with Crippen molar-refractivity contribution in [3.8, 4) is 0 Å². The standard InChI is InChI=1S/C33H34F2N4O2S/c1-33(2)14-13-30(37-42(41)25-6-4-5-23(35)17-25)28-18-24(11-12-29(28)33)39(20-31-36-15-16-38(31)3)32(40)27-19-26(27)21-7-9-22(34)10-8-21/h4-12,15-18,26-27,30,37H,13-14,19-20H2,1-3H3/t26-,27+,30?,42?/m1/s1. The average Bonchev–Trinajstić information content (AvgIpc) is 3.67. The van der Waals surface area contributed by atoms with Gasteiger partial charge >= 0.3 is 0 Å². The number of nitrogens with zero attached hydrogens (tertiary/aromatic N) is 3. The van der Waals surface area contributed by atoms with Crippen molar-refractivity contribution in [3.63, 3.8) is 0 Å². The minimum Gasteiger partial charge on any atom is -0.337 e. The first-order chi connectivity index (χ1) is 20.1. The molecule has 4 atom stereocenters. The van der Waals surface area contributed by atoms with Crippen LogP contribution in [0.1, 0.15) is 67.6 Å². The summed E-state index contributed by atoms with van der Waals surface area (Å²) in [5, 5.41) is 0. The van der Waals surface area contributed by atoms with Gasteiger partial charge in [0.25, 0.3) is 0 Å². The van der Waals surface area contributed by atoms with E-state index >= 15 is 0 Å². The van der Waals surface area contributed by atoms with Gasteiger partial charge in [0.15, 0.2) is 0 Å². The van der Waals surface area contributed by atoms with E-state index in [1.165, 1.54) is 24.3 Å². The maximum Gasteiger partial charge on any atom is 0.231 e.